The van der Waals surface area contributed by atoms with Gasteiger partial charge in [-0.2, -0.15) is 13.2 Å². The highest BCUT2D eigenvalue weighted by atomic mass is 19.4. The number of rotatable bonds is 5. The largest absolute Gasteiger partial charge is 0.418 e. The summed E-state index contributed by atoms with van der Waals surface area (Å²) in [5, 5.41) is 0.231. The predicted molar refractivity (Wildman–Crippen MR) is 115 cm³/mol. The fourth-order valence-corrected chi connectivity index (χ4v) is 4.48. The van der Waals surface area contributed by atoms with Crippen LogP contribution >= 0.6 is 0 Å². The first-order valence-corrected chi connectivity index (χ1v) is 10.4. The maximum Gasteiger partial charge on any atom is 0.418 e. The molecule has 0 saturated heterocycles. The Morgan fingerprint density at radius 2 is 1.74 bits per heavy atom. The van der Waals surface area contributed by atoms with Crippen LogP contribution in [-0.4, -0.2) is 47.5 Å². The van der Waals surface area contributed by atoms with Gasteiger partial charge in [-0.25, -0.2) is 0 Å². The van der Waals surface area contributed by atoms with Crippen molar-refractivity contribution in [3.05, 3.63) is 70.9 Å². The molecular weight excluding hydrogens is 403 g/mol. The number of nitrogens with zero attached hydrogens (tertiary/aromatic N) is 3. The van der Waals surface area contributed by atoms with E-state index < -0.39 is 11.7 Å². The number of carbonyl (C=O) groups is 1. The molecular formula is C24H26F3N3O. The van der Waals surface area contributed by atoms with Gasteiger partial charge in [0.25, 0.3) is 0 Å². The second kappa shape index (κ2) is 8.38. The van der Waals surface area contributed by atoms with Crippen LogP contribution in [0.3, 0.4) is 0 Å². The standard InChI is InChI=1S/C24H26F3N3O/c1-28(2)16-21(31)29-13-14-30-20(12-11-17-7-4-3-5-8-17)22(24(25,26)27)19-10-6-9-18(15-29)23(19)30/h3-10H,11-16H2,1-2H3. The van der Waals surface area contributed by atoms with Crippen molar-refractivity contribution in [2.24, 2.45) is 0 Å². The minimum atomic E-state index is -4.44. The van der Waals surface area contributed by atoms with Crippen LogP contribution in [0, 0.1) is 0 Å². The SMILES string of the molecule is CN(C)CC(=O)N1CCn2c(CCc3ccccc3)c(C(F)(F)F)c3cccc(c32)C1. The average Bonchev–Trinajstić information content (AvgIpc) is 2.90. The molecule has 0 radical (unpaired) electrons. The summed E-state index contributed by atoms with van der Waals surface area (Å²) in [6.07, 6.45) is -3.62. The molecule has 1 aromatic heterocycles. The summed E-state index contributed by atoms with van der Waals surface area (Å²) < 4.78 is 44.3. The third kappa shape index (κ3) is 4.32. The van der Waals surface area contributed by atoms with Crippen molar-refractivity contribution in [3.8, 4) is 0 Å². The monoisotopic (exact) mass is 429 g/mol. The Balaban J connectivity index is 1.78. The van der Waals surface area contributed by atoms with Crippen LogP contribution in [0.5, 0.6) is 0 Å². The van der Waals surface area contributed by atoms with Gasteiger partial charge in [0.15, 0.2) is 0 Å². The van der Waals surface area contributed by atoms with E-state index in [1.54, 1.807) is 26.5 Å². The lowest BCUT2D eigenvalue weighted by Gasteiger charge is -2.23. The molecule has 31 heavy (non-hydrogen) atoms. The third-order valence-electron chi connectivity index (χ3n) is 5.81. The Labute approximate surface area is 179 Å². The van der Waals surface area contributed by atoms with Gasteiger partial charge in [-0.05, 0) is 38.1 Å². The number of hydrogen-bond acceptors (Lipinski definition) is 2. The van der Waals surface area contributed by atoms with Crippen molar-refractivity contribution in [2.75, 3.05) is 27.2 Å². The number of amides is 1. The molecule has 0 unspecified atom stereocenters. The molecule has 0 N–H and O–H groups in total. The summed E-state index contributed by atoms with van der Waals surface area (Å²) in [7, 11) is 3.66. The molecule has 0 saturated carbocycles. The van der Waals surface area contributed by atoms with Gasteiger partial charge in [-0.1, -0.05) is 48.5 Å². The molecule has 0 bridgehead atoms. The Hall–Kier alpha value is -2.80. The summed E-state index contributed by atoms with van der Waals surface area (Å²) in [5.41, 5.74) is 2.15. The molecule has 0 spiro atoms. The lowest BCUT2D eigenvalue weighted by atomic mass is 10.0. The van der Waals surface area contributed by atoms with Gasteiger partial charge in [-0.3, -0.25) is 4.79 Å². The van der Waals surface area contributed by atoms with E-state index in [9.17, 15) is 18.0 Å². The van der Waals surface area contributed by atoms with Crippen molar-refractivity contribution >= 4 is 16.8 Å². The number of aromatic nitrogens is 1. The molecule has 0 aliphatic carbocycles. The fourth-order valence-electron chi connectivity index (χ4n) is 4.48. The van der Waals surface area contributed by atoms with E-state index >= 15 is 0 Å². The van der Waals surface area contributed by atoms with Crippen molar-refractivity contribution in [1.82, 2.24) is 14.4 Å². The summed E-state index contributed by atoms with van der Waals surface area (Å²) >= 11 is 0. The predicted octanol–water partition coefficient (Wildman–Crippen LogP) is 4.35. The van der Waals surface area contributed by atoms with E-state index in [4.69, 9.17) is 0 Å². The molecule has 3 aromatic rings. The first-order valence-electron chi connectivity index (χ1n) is 10.4. The molecule has 1 amide bonds. The minimum Gasteiger partial charge on any atom is -0.342 e. The highest BCUT2D eigenvalue weighted by Crippen LogP contribution is 2.41. The molecule has 0 fully saturated rings. The molecule has 7 heteroatoms. The summed E-state index contributed by atoms with van der Waals surface area (Å²) in [6, 6.07) is 14.6. The highest BCUT2D eigenvalue weighted by Gasteiger charge is 2.39. The number of halogens is 3. The zero-order chi connectivity index (χ0) is 22.2. The maximum atomic E-state index is 14.2. The van der Waals surface area contributed by atoms with E-state index in [0.717, 1.165) is 11.1 Å². The summed E-state index contributed by atoms with van der Waals surface area (Å²) in [6.45, 7) is 1.34. The van der Waals surface area contributed by atoms with Crippen LogP contribution in [0.4, 0.5) is 13.2 Å². The van der Waals surface area contributed by atoms with Gasteiger partial charge >= 0.3 is 6.18 Å². The van der Waals surface area contributed by atoms with Crippen molar-refractivity contribution in [2.45, 2.75) is 32.1 Å². The van der Waals surface area contributed by atoms with E-state index in [-0.39, 0.29) is 17.8 Å². The number of para-hydroxylation sites is 1. The molecule has 164 valence electrons. The van der Waals surface area contributed by atoms with Crippen LogP contribution in [0.25, 0.3) is 10.9 Å². The molecule has 4 nitrogen and oxygen atoms in total. The van der Waals surface area contributed by atoms with E-state index in [0.29, 0.717) is 43.7 Å². The lowest BCUT2D eigenvalue weighted by molar-refractivity contribution is -0.137. The first kappa shape index (κ1) is 21.4. The second-order valence-corrected chi connectivity index (χ2v) is 8.32. The minimum absolute atomic E-state index is 0.0189. The second-order valence-electron chi connectivity index (χ2n) is 8.32. The number of alkyl halides is 3. The lowest BCUT2D eigenvalue weighted by Crippen LogP contribution is -2.38. The van der Waals surface area contributed by atoms with Gasteiger partial charge in [0.2, 0.25) is 5.91 Å². The molecule has 0 atom stereocenters. The molecule has 1 aliphatic rings. The Kier molecular flexibility index (Phi) is 5.79. The van der Waals surface area contributed by atoms with E-state index in [1.165, 1.54) is 0 Å². The van der Waals surface area contributed by atoms with Gasteiger partial charge in [0, 0.05) is 30.7 Å². The number of carbonyl (C=O) groups excluding carboxylic acids is 1. The van der Waals surface area contributed by atoms with Gasteiger partial charge in [0.1, 0.15) is 0 Å². The van der Waals surface area contributed by atoms with Gasteiger partial charge in [0.05, 0.1) is 17.6 Å². The molecule has 4 rings (SSSR count). The zero-order valence-corrected chi connectivity index (χ0v) is 17.7. The van der Waals surface area contributed by atoms with Crippen LogP contribution < -0.4 is 0 Å². The summed E-state index contributed by atoms with van der Waals surface area (Å²) in [4.78, 5) is 16.2. The van der Waals surface area contributed by atoms with Crippen molar-refractivity contribution in [3.63, 3.8) is 0 Å². The molecule has 2 heterocycles. The van der Waals surface area contributed by atoms with E-state index in [1.807, 2.05) is 50.5 Å². The Morgan fingerprint density at radius 3 is 2.42 bits per heavy atom. The zero-order valence-electron chi connectivity index (χ0n) is 17.7. The topological polar surface area (TPSA) is 28.5 Å². The van der Waals surface area contributed by atoms with Crippen molar-refractivity contribution in [1.29, 1.82) is 0 Å². The fraction of sp³-hybridized carbons (Fsp3) is 0.375. The summed E-state index contributed by atoms with van der Waals surface area (Å²) in [5.74, 6) is -0.0189. The highest BCUT2D eigenvalue weighted by molar-refractivity contribution is 5.90. The normalized spacial score (nSPS) is 14.3. The smallest absolute Gasteiger partial charge is 0.342 e. The Bertz CT molecular complexity index is 1090. The number of aryl methyl sites for hydroxylation is 1. The van der Waals surface area contributed by atoms with Crippen molar-refractivity contribution < 1.29 is 18.0 Å². The molecule has 2 aromatic carbocycles. The third-order valence-corrected chi connectivity index (χ3v) is 5.81. The van der Waals surface area contributed by atoms with Crippen LogP contribution in [0.2, 0.25) is 0 Å². The van der Waals surface area contributed by atoms with Gasteiger partial charge < -0.3 is 14.4 Å². The number of hydrogen-bond donors (Lipinski definition) is 0. The number of likely N-dealkylation sites (N-methyl/N-ethyl adjacent to an activating group) is 1. The first-order chi connectivity index (χ1) is 14.8. The van der Waals surface area contributed by atoms with Crippen LogP contribution in [0.15, 0.2) is 48.5 Å². The van der Waals surface area contributed by atoms with Crippen LogP contribution in [-0.2, 0) is 36.9 Å². The van der Waals surface area contributed by atoms with E-state index in [2.05, 4.69) is 0 Å². The Morgan fingerprint density at radius 1 is 1.00 bits per heavy atom. The van der Waals surface area contributed by atoms with Gasteiger partial charge in [-0.15, -0.1) is 0 Å². The van der Waals surface area contributed by atoms with Crippen LogP contribution in [0.1, 0.15) is 22.4 Å². The molecule has 1 aliphatic heterocycles. The number of benzene rings is 2. The average molecular weight is 429 g/mol. The maximum absolute atomic E-state index is 14.2. The quantitative estimate of drug-likeness (QED) is 0.603.